The number of hydrogen-bond acceptors (Lipinski definition) is 2. The zero-order valence-corrected chi connectivity index (χ0v) is 10.7. The van der Waals surface area contributed by atoms with Crippen LogP contribution in [0.3, 0.4) is 0 Å². The van der Waals surface area contributed by atoms with Crippen molar-refractivity contribution in [1.82, 2.24) is 10.2 Å². The summed E-state index contributed by atoms with van der Waals surface area (Å²) in [7, 11) is 0. The van der Waals surface area contributed by atoms with Crippen LogP contribution < -0.4 is 11.1 Å². The lowest BCUT2D eigenvalue weighted by Gasteiger charge is -2.32. The molecule has 1 aliphatic heterocycles. The predicted octanol–water partition coefficient (Wildman–Crippen LogP) is 1.41. The third-order valence-corrected chi connectivity index (χ3v) is 3.52. The highest BCUT2D eigenvalue weighted by molar-refractivity contribution is 5.74. The van der Waals surface area contributed by atoms with Crippen molar-refractivity contribution in [2.45, 2.75) is 39.7 Å². The Balaban J connectivity index is 2.39. The molecule has 1 saturated heterocycles. The molecule has 4 heteroatoms. The minimum absolute atomic E-state index is 0.0688. The summed E-state index contributed by atoms with van der Waals surface area (Å²) in [6, 6.07) is 0.217. The van der Waals surface area contributed by atoms with Crippen LogP contribution in [0, 0.1) is 11.8 Å². The largest absolute Gasteiger partial charge is 0.335 e. The first-order valence-corrected chi connectivity index (χ1v) is 6.30. The van der Waals surface area contributed by atoms with Gasteiger partial charge in [0.05, 0.1) is 0 Å². The van der Waals surface area contributed by atoms with E-state index in [2.05, 4.69) is 19.2 Å². The van der Waals surface area contributed by atoms with Gasteiger partial charge in [0, 0.05) is 19.1 Å². The molecule has 0 bridgehead atoms. The van der Waals surface area contributed by atoms with Crippen molar-refractivity contribution in [2.24, 2.45) is 17.6 Å². The molecular weight excluding hydrogens is 202 g/mol. The smallest absolute Gasteiger partial charge is 0.317 e. The van der Waals surface area contributed by atoms with Crippen LogP contribution in [0.4, 0.5) is 4.79 Å². The molecule has 2 amide bonds. The van der Waals surface area contributed by atoms with E-state index in [0.29, 0.717) is 18.4 Å². The minimum atomic E-state index is 0.0688. The van der Waals surface area contributed by atoms with Gasteiger partial charge in [-0.2, -0.15) is 0 Å². The average molecular weight is 227 g/mol. The van der Waals surface area contributed by atoms with Gasteiger partial charge in [-0.25, -0.2) is 4.79 Å². The van der Waals surface area contributed by atoms with Gasteiger partial charge in [-0.15, -0.1) is 0 Å². The van der Waals surface area contributed by atoms with E-state index in [1.807, 2.05) is 11.8 Å². The van der Waals surface area contributed by atoms with Crippen LogP contribution in [0.2, 0.25) is 0 Å². The number of likely N-dealkylation sites (tertiary alicyclic amines) is 1. The van der Waals surface area contributed by atoms with E-state index >= 15 is 0 Å². The van der Waals surface area contributed by atoms with Gasteiger partial charge < -0.3 is 16.0 Å². The van der Waals surface area contributed by atoms with Crippen LogP contribution in [0.1, 0.15) is 33.6 Å². The molecule has 94 valence electrons. The number of nitrogens with zero attached hydrogens (tertiary/aromatic N) is 1. The van der Waals surface area contributed by atoms with Gasteiger partial charge in [-0.1, -0.05) is 13.8 Å². The van der Waals surface area contributed by atoms with E-state index in [-0.39, 0.29) is 12.1 Å². The first-order chi connectivity index (χ1) is 7.54. The maximum Gasteiger partial charge on any atom is 0.317 e. The van der Waals surface area contributed by atoms with Crippen molar-refractivity contribution in [1.29, 1.82) is 0 Å². The standard InChI is InChI=1S/C12H25N3O/c1-9-5-4-6-15(8-9)12(16)14-11(3)10(2)7-13/h9-11H,4-8,13H2,1-3H3,(H,14,16). The molecule has 4 nitrogen and oxygen atoms in total. The monoisotopic (exact) mass is 227 g/mol. The van der Waals surface area contributed by atoms with Crippen LogP contribution in [0.25, 0.3) is 0 Å². The van der Waals surface area contributed by atoms with Crippen LogP contribution in [0.5, 0.6) is 0 Å². The van der Waals surface area contributed by atoms with E-state index in [1.54, 1.807) is 0 Å². The Kier molecular flexibility index (Phi) is 5.06. The second-order valence-corrected chi connectivity index (χ2v) is 5.14. The van der Waals surface area contributed by atoms with Crippen molar-refractivity contribution in [3.8, 4) is 0 Å². The van der Waals surface area contributed by atoms with Crippen LogP contribution in [-0.4, -0.2) is 36.6 Å². The molecule has 3 atom stereocenters. The molecule has 3 unspecified atom stereocenters. The molecule has 0 radical (unpaired) electrons. The quantitative estimate of drug-likeness (QED) is 0.766. The summed E-state index contributed by atoms with van der Waals surface area (Å²) in [4.78, 5) is 13.9. The Bertz CT molecular complexity index is 232. The third kappa shape index (κ3) is 3.67. The molecule has 1 aliphatic rings. The Morgan fingerprint density at radius 3 is 2.81 bits per heavy atom. The summed E-state index contributed by atoms with van der Waals surface area (Å²) in [5.74, 6) is 0.952. The molecule has 16 heavy (non-hydrogen) atoms. The third-order valence-electron chi connectivity index (χ3n) is 3.52. The molecule has 1 rings (SSSR count). The number of urea groups is 1. The Hall–Kier alpha value is -0.770. The molecule has 0 aromatic carbocycles. The Labute approximate surface area is 98.6 Å². The SMILES string of the molecule is CC1CCCN(C(=O)NC(C)C(C)CN)C1. The van der Waals surface area contributed by atoms with Gasteiger partial charge in [0.25, 0.3) is 0 Å². The molecule has 0 aromatic heterocycles. The fraction of sp³-hybridized carbons (Fsp3) is 0.917. The molecule has 3 N–H and O–H groups in total. The van der Waals surface area contributed by atoms with Crippen molar-refractivity contribution < 1.29 is 4.79 Å². The highest BCUT2D eigenvalue weighted by atomic mass is 16.2. The van der Waals surface area contributed by atoms with Crippen LogP contribution in [0.15, 0.2) is 0 Å². The molecule has 1 fully saturated rings. The number of nitrogens with two attached hydrogens (primary N) is 1. The molecule has 0 saturated carbocycles. The first-order valence-electron chi connectivity index (χ1n) is 6.30. The molecule has 0 aliphatic carbocycles. The highest BCUT2D eigenvalue weighted by Crippen LogP contribution is 2.15. The van der Waals surface area contributed by atoms with E-state index in [0.717, 1.165) is 19.5 Å². The number of hydrogen-bond donors (Lipinski definition) is 2. The van der Waals surface area contributed by atoms with E-state index in [1.165, 1.54) is 6.42 Å². The number of carbonyl (C=O) groups excluding carboxylic acids is 1. The highest BCUT2D eigenvalue weighted by Gasteiger charge is 2.22. The molecular formula is C12H25N3O. The van der Waals surface area contributed by atoms with Crippen LogP contribution in [-0.2, 0) is 0 Å². The number of nitrogens with one attached hydrogen (secondary N) is 1. The number of amides is 2. The van der Waals surface area contributed by atoms with Gasteiger partial charge in [0.1, 0.15) is 0 Å². The van der Waals surface area contributed by atoms with Crippen molar-refractivity contribution in [3.63, 3.8) is 0 Å². The predicted molar refractivity (Wildman–Crippen MR) is 66.2 cm³/mol. The second kappa shape index (κ2) is 6.09. The van der Waals surface area contributed by atoms with Crippen LogP contribution >= 0.6 is 0 Å². The average Bonchev–Trinajstić information content (AvgIpc) is 2.27. The van der Waals surface area contributed by atoms with Gasteiger partial charge in [0.2, 0.25) is 0 Å². The normalized spacial score (nSPS) is 25.0. The number of rotatable bonds is 3. The maximum absolute atomic E-state index is 11.9. The van der Waals surface area contributed by atoms with E-state index in [4.69, 9.17) is 5.73 Å². The molecule has 0 aromatic rings. The van der Waals surface area contributed by atoms with Crippen molar-refractivity contribution >= 4 is 6.03 Å². The summed E-state index contributed by atoms with van der Waals surface area (Å²) in [6.07, 6.45) is 2.36. The number of piperidine rings is 1. The fourth-order valence-electron chi connectivity index (χ4n) is 2.01. The Morgan fingerprint density at radius 2 is 2.25 bits per heavy atom. The fourth-order valence-corrected chi connectivity index (χ4v) is 2.01. The second-order valence-electron chi connectivity index (χ2n) is 5.14. The van der Waals surface area contributed by atoms with E-state index < -0.39 is 0 Å². The lowest BCUT2D eigenvalue weighted by Crippen LogP contribution is -2.49. The van der Waals surface area contributed by atoms with Gasteiger partial charge in [-0.05, 0) is 38.1 Å². The summed E-state index contributed by atoms with van der Waals surface area (Å²) >= 11 is 0. The summed E-state index contributed by atoms with van der Waals surface area (Å²) in [6.45, 7) is 8.66. The molecule has 1 heterocycles. The van der Waals surface area contributed by atoms with Crippen molar-refractivity contribution in [3.05, 3.63) is 0 Å². The summed E-state index contributed by atoms with van der Waals surface area (Å²) < 4.78 is 0. The number of carbonyl (C=O) groups is 1. The lowest BCUT2D eigenvalue weighted by atomic mass is 10.0. The van der Waals surface area contributed by atoms with Gasteiger partial charge >= 0.3 is 6.03 Å². The van der Waals surface area contributed by atoms with Crippen molar-refractivity contribution in [2.75, 3.05) is 19.6 Å². The van der Waals surface area contributed by atoms with Gasteiger partial charge in [-0.3, -0.25) is 0 Å². The molecule has 0 spiro atoms. The first kappa shape index (κ1) is 13.3. The maximum atomic E-state index is 11.9. The van der Waals surface area contributed by atoms with Gasteiger partial charge in [0.15, 0.2) is 0 Å². The summed E-state index contributed by atoms with van der Waals surface area (Å²) in [5, 5.41) is 3.03. The zero-order valence-electron chi connectivity index (χ0n) is 10.7. The van der Waals surface area contributed by atoms with E-state index in [9.17, 15) is 4.79 Å². The summed E-state index contributed by atoms with van der Waals surface area (Å²) in [5.41, 5.74) is 5.58. The zero-order chi connectivity index (χ0) is 12.1. The minimum Gasteiger partial charge on any atom is -0.335 e. The lowest BCUT2D eigenvalue weighted by molar-refractivity contribution is 0.164. The topological polar surface area (TPSA) is 58.4 Å². The Morgan fingerprint density at radius 1 is 1.56 bits per heavy atom.